The number of hydrogen-bond donors (Lipinski definition) is 1. The van der Waals surface area contributed by atoms with Crippen molar-refractivity contribution in [3.8, 4) is 0 Å². The highest BCUT2D eigenvalue weighted by Gasteiger charge is 2.36. The maximum absolute atomic E-state index is 13.3. The number of fused-ring (bicyclic) bond motifs is 1. The summed E-state index contributed by atoms with van der Waals surface area (Å²) >= 11 is 0. The van der Waals surface area contributed by atoms with Gasteiger partial charge in [0.15, 0.2) is 0 Å². The third kappa shape index (κ3) is 3.37. The quantitative estimate of drug-likeness (QED) is 0.692. The fourth-order valence-corrected chi connectivity index (χ4v) is 3.42. The van der Waals surface area contributed by atoms with Crippen LogP contribution < -0.4 is 15.4 Å². The van der Waals surface area contributed by atoms with E-state index in [1.165, 1.54) is 23.1 Å². The van der Waals surface area contributed by atoms with Crippen LogP contribution in [0.1, 0.15) is 21.6 Å². The number of alkyl halides is 3. The molecule has 0 saturated heterocycles. The summed E-state index contributed by atoms with van der Waals surface area (Å²) in [6.07, 6.45) is -4.52. The number of carbonyl (C=O) groups excluding carboxylic acids is 1. The first-order valence-electron chi connectivity index (χ1n) is 8.81. The van der Waals surface area contributed by atoms with Crippen molar-refractivity contribution in [2.45, 2.75) is 13.1 Å². The van der Waals surface area contributed by atoms with Gasteiger partial charge in [-0.1, -0.05) is 18.2 Å². The Balaban J connectivity index is 1.89. The first kappa shape index (κ1) is 18.8. The fourth-order valence-electron chi connectivity index (χ4n) is 3.42. The molecular weight excluding hydrogens is 383 g/mol. The number of aromatic nitrogens is 1. The van der Waals surface area contributed by atoms with Gasteiger partial charge in [0.1, 0.15) is 6.67 Å². The van der Waals surface area contributed by atoms with Gasteiger partial charge in [0.05, 0.1) is 22.5 Å². The van der Waals surface area contributed by atoms with Gasteiger partial charge in [-0.3, -0.25) is 14.5 Å². The molecule has 1 aliphatic rings. The smallest absolute Gasteiger partial charge is 0.324 e. The molecule has 5 nitrogen and oxygen atoms in total. The summed E-state index contributed by atoms with van der Waals surface area (Å²) in [5, 5.41) is 0. The third-order valence-electron chi connectivity index (χ3n) is 4.82. The molecule has 1 aromatic heterocycles. The molecule has 1 aliphatic heterocycles. The number of halogens is 3. The average Bonchev–Trinajstić information content (AvgIpc) is 2.69. The van der Waals surface area contributed by atoms with E-state index in [9.17, 15) is 22.8 Å². The highest BCUT2D eigenvalue weighted by Crippen LogP contribution is 2.39. The number of nitrogens with zero attached hydrogens (tertiary/aromatic N) is 2. The molecule has 0 unspecified atom stereocenters. The lowest BCUT2D eigenvalue weighted by Gasteiger charge is -2.38. The zero-order valence-electron chi connectivity index (χ0n) is 15.3. The minimum atomic E-state index is -4.52. The van der Waals surface area contributed by atoms with Gasteiger partial charge >= 0.3 is 6.18 Å². The second-order valence-corrected chi connectivity index (χ2v) is 6.70. The van der Waals surface area contributed by atoms with Crippen molar-refractivity contribution >= 4 is 23.0 Å². The minimum Gasteiger partial charge on any atom is -0.324 e. The summed E-state index contributed by atoms with van der Waals surface area (Å²) in [4.78, 5) is 30.4. The van der Waals surface area contributed by atoms with E-state index in [2.05, 4.69) is 4.98 Å². The molecule has 0 bridgehead atoms. The Morgan fingerprint density at radius 3 is 2.28 bits per heavy atom. The van der Waals surface area contributed by atoms with Crippen molar-refractivity contribution in [3.63, 3.8) is 0 Å². The Hall–Kier alpha value is -3.55. The van der Waals surface area contributed by atoms with E-state index >= 15 is 0 Å². The topological polar surface area (TPSA) is 56.4 Å². The van der Waals surface area contributed by atoms with Crippen molar-refractivity contribution in [1.29, 1.82) is 0 Å². The zero-order chi connectivity index (χ0) is 20.8. The molecule has 2 heterocycles. The van der Waals surface area contributed by atoms with E-state index in [1.807, 2.05) is 0 Å². The van der Waals surface area contributed by atoms with Gasteiger partial charge in [0.25, 0.3) is 5.91 Å². The Morgan fingerprint density at radius 2 is 1.62 bits per heavy atom. The number of rotatable bonds is 2. The molecule has 148 valence electrons. The predicted octanol–water partition coefficient (Wildman–Crippen LogP) is 4.46. The molecule has 0 aliphatic carbocycles. The highest BCUT2D eigenvalue weighted by atomic mass is 19.4. The molecule has 2 aromatic carbocycles. The van der Waals surface area contributed by atoms with Crippen molar-refractivity contribution in [3.05, 3.63) is 87.8 Å². The molecule has 4 rings (SSSR count). The summed E-state index contributed by atoms with van der Waals surface area (Å²) < 4.78 is 39.8. The van der Waals surface area contributed by atoms with Crippen LogP contribution >= 0.6 is 0 Å². The maximum Gasteiger partial charge on any atom is 0.416 e. The van der Waals surface area contributed by atoms with Crippen LogP contribution in [0.15, 0.2) is 65.5 Å². The van der Waals surface area contributed by atoms with Gasteiger partial charge in [-0.25, -0.2) is 0 Å². The van der Waals surface area contributed by atoms with Crippen LogP contribution in [0.2, 0.25) is 0 Å². The third-order valence-corrected chi connectivity index (χ3v) is 4.82. The number of anilines is 3. The predicted molar refractivity (Wildman–Crippen MR) is 104 cm³/mol. The van der Waals surface area contributed by atoms with Gasteiger partial charge in [0, 0.05) is 17.4 Å². The molecule has 0 spiro atoms. The largest absolute Gasteiger partial charge is 0.416 e. The molecule has 1 amide bonds. The molecular formula is C21H16F3N3O2. The van der Waals surface area contributed by atoms with Gasteiger partial charge < -0.3 is 9.88 Å². The van der Waals surface area contributed by atoms with Crippen molar-refractivity contribution in [1.82, 2.24) is 4.98 Å². The molecule has 0 fully saturated rings. The summed E-state index contributed by atoms with van der Waals surface area (Å²) in [5.74, 6) is -0.434. The second kappa shape index (κ2) is 6.80. The van der Waals surface area contributed by atoms with Gasteiger partial charge in [0.2, 0.25) is 5.56 Å². The standard InChI is InChI=1S/C21H16F3N3O2/c1-13-17(9-10-19(28)25-13)27-12-26(15-5-3-2-4-6-15)18-11-14(21(22,23)24)7-8-16(18)20(27)29/h2-11H,12H2,1H3,(H,25,28). The number of hydrogen-bond acceptors (Lipinski definition) is 3. The van der Waals surface area contributed by atoms with Crippen LogP contribution in [-0.4, -0.2) is 17.6 Å². The number of aromatic amines is 1. The van der Waals surface area contributed by atoms with Crippen LogP contribution in [0.25, 0.3) is 0 Å². The Bertz CT molecular complexity index is 1140. The number of carbonyl (C=O) groups is 1. The molecule has 0 radical (unpaired) electrons. The van der Waals surface area contributed by atoms with E-state index in [1.54, 1.807) is 42.2 Å². The monoisotopic (exact) mass is 399 g/mol. The van der Waals surface area contributed by atoms with Gasteiger partial charge in [-0.15, -0.1) is 0 Å². The normalized spacial score (nSPS) is 14.1. The molecule has 1 N–H and O–H groups in total. The number of aryl methyl sites for hydroxylation is 1. The van der Waals surface area contributed by atoms with Crippen molar-refractivity contribution in [2.24, 2.45) is 0 Å². The lowest BCUT2D eigenvalue weighted by Crippen LogP contribution is -2.45. The average molecular weight is 399 g/mol. The number of amides is 1. The number of H-pyrrole nitrogens is 1. The number of para-hydroxylation sites is 1. The second-order valence-electron chi connectivity index (χ2n) is 6.70. The number of benzene rings is 2. The Kier molecular flexibility index (Phi) is 4.41. The Morgan fingerprint density at radius 1 is 0.897 bits per heavy atom. The maximum atomic E-state index is 13.3. The molecule has 8 heteroatoms. The van der Waals surface area contributed by atoms with Crippen molar-refractivity contribution in [2.75, 3.05) is 16.5 Å². The van der Waals surface area contributed by atoms with Gasteiger partial charge in [-0.05, 0) is 43.3 Å². The lowest BCUT2D eigenvalue weighted by atomic mass is 10.0. The first-order chi connectivity index (χ1) is 13.8. The van der Waals surface area contributed by atoms with Crippen molar-refractivity contribution < 1.29 is 18.0 Å². The summed E-state index contributed by atoms with van der Waals surface area (Å²) in [6, 6.07) is 14.8. The SMILES string of the molecule is Cc1[nH]c(=O)ccc1N1CN(c2ccccc2)c2cc(C(F)(F)F)ccc2C1=O. The molecule has 29 heavy (non-hydrogen) atoms. The van der Waals surface area contributed by atoms with Crippen LogP contribution in [0, 0.1) is 6.92 Å². The molecule has 0 saturated carbocycles. The lowest BCUT2D eigenvalue weighted by molar-refractivity contribution is -0.137. The number of pyridine rings is 1. The van der Waals surface area contributed by atoms with Crippen LogP contribution in [0.5, 0.6) is 0 Å². The zero-order valence-corrected chi connectivity index (χ0v) is 15.3. The van der Waals surface area contributed by atoms with Crippen LogP contribution in [0.4, 0.5) is 30.2 Å². The summed E-state index contributed by atoms with van der Waals surface area (Å²) in [7, 11) is 0. The fraction of sp³-hybridized carbons (Fsp3) is 0.143. The highest BCUT2D eigenvalue weighted by molar-refractivity contribution is 6.12. The van der Waals surface area contributed by atoms with E-state index in [4.69, 9.17) is 0 Å². The van der Waals surface area contributed by atoms with Crippen LogP contribution in [0.3, 0.4) is 0 Å². The van der Waals surface area contributed by atoms with E-state index in [0.717, 1.165) is 12.1 Å². The van der Waals surface area contributed by atoms with E-state index < -0.39 is 17.6 Å². The first-order valence-corrected chi connectivity index (χ1v) is 8.81. The van der Waals surface area contributed by atoms with E-state index in [0.29, 0.717) is 17.1 Å². The summed E-state index contributed by atoms with van der Waals surface area (Å²) in [6.45, 7) is 1.67. The van der Waals surface area contributed by atoms with Gasteiger partial charge in [-0.2, -0.15) is 13.2 Å². The molecule has 0 atom stereocenters. The number of nitrogens with one attached hydrogen (secondary N) is 1. The van der Waals surface area contributed by atoms with Crippen LogP contribution in [-0.2, 0) is 6.18 Å². The Labute approximate surface area is 164 Å². The minimum absolute atomic E-state index is 0.00401. The van der Waals surface area contributed by atoms with E-state index in [-0.39, 0.29) is 23.5 Å². The molecule has 3 aromatic rings. The summed E-state index contributed by atoms with van der Waals surface area (Å²) in [5.41, 5.74) is 0.848.